The molecule has 42 heavy (non-hydrogen) atoms. The van der Waals surface area contributed by atoms with Crippen molar-refractivity contribution >= 4 is 5.97 Å². The molecule has 0 spiro atoms. The Morgan fingerprint density at radius 1 is 0.952 bits per heavy atom. The average Bonchev–Trinajstić information content (AvgIpc) is 3.24. The number of aliphatic hydroxyl groups excluding tert-OH is 5. The quantitative estimate of drug-likeness (QED) is 0.104. The van der Waals surface area contributed by atoms with Crippen molar-refractivity contribution in [2.75, 3.05) is 13.2 Å². The summed E-state index contributed by atoms with van der Waals surface area (Å²) in [5.41, 5.74) is 0.174. The van der Waals surface area contributed by atoms with E-state index in [-0.39, 0.29) is 11.5 Å². The molecule has 236 valence electrons. The topological polar surface area (TPSA) is 225 Å². The standard InChI is InChI=1S/C28H40O14/c1-12-4-6-14(7-5-12)28(2,3)42-26-23(36)22(35)20(33)18(40-26)11-38-27-24(21(34)17(10-29)39-27)41-25(37)13-8-15(30)19(32)16(31)9-13/h4,8-9,14,17-18,20-24,26-27,29-36H,5-7,10-11H2,1-3H3/t14-,17+,18-,20-,21+,22+,23-,24-,26+,27-/m1/s1. The number of hydrogen-bond donors (Lipinski definition) is 8. The van der Waals surface area contributed by atoms with Gasteiger partial charge < -0.3 is 64.5 Å². The van der Waals surface area contributed by atoms with Crippen LogP contribution in [0, 0.1) is 5.92 Å². The highest BCUT2D eigenvalue weighted by Crippen LogP contribution is 2.38. The molecule has 0 aromatic heterocycles. The zero-order valence-electron chi connectivity index (χ0n) is 23.6. The Bertz CT molecular complexity index is 1110. The lowest BCUT2D eigenvalue weighted by molar-refractivity contribution is -0.334. The molecule has 4 rings (SSSR count). The molecule has 0 saturated carbocycles. The number of aromatic hydroxyl groups is 3. The Balaban J connectivity index is 1.43. The molecule has 0 unspecified atom stereocenters. The average molecular weight is 601 g/mol. The molecule has 0 bridgehead atoms. The molecular weight excluding hydrogens is 560 g/mol. The van der Waals surface area contributed by atoms with Crippen LogP contribution in [-0.2, 0) is 23.7 Å². The summed E-state index contributed by atoms with van der Waals surface area (Å²) >= 11 is 0. The highest BCUT2D eigenvalue weighted by molar-refractivity contribution is 5.91. The van der Waals surface area contributed by atoms with Crippen molar-refractivity contribution in [3.05, 3.63) is 29.3 Å². The number of ether oxygens (including phenoxy) is 5. The Morgan fingerprint density at radius 3 is 2.19 bits per heavy atom. The summed E-state index contributed by atoms with van der Waals surface area (Å²) in [5, 5.41) is 80.9. The van der Waals surface area contributed by atoms with Gasteiger partial charge in [-0.15, -0.1) is 0 Å². The van der Waals surface area contributed by atoms with E-state index < -0.39 is 97.3 Å². The number of hydrogen-bond acceptors (Lipinski definition) is 14. The van der Waals surface area contributed by atoms with E-state index in [1.165, 1.54) is 5.57 Å². The number of rotatable bonds is 9. The molecule has 1 aromatic carbocycles. The number of aliphatic hydroxyl groups is 5. The Hall–Kier alpha value is -2.53. The number of phenols is 3. The van der Waals surface area contributed by atoms with Crippen molar-refractivity contribution in [1.29, 1.82) is 0 Å². The summed E-state index contributed by atoms with van der Waals surface area (Å²) in [7, 11) is 0. The number of carbonyl (C=O) groups is 1. The second-order valence-corrected chi connectivity index (χ2v) is 11.5. The first-order chi connectivity index (χ1) is 19.7. The van der Waals surface area contributed by atoms with Gasteiger partial charge in [-0.25, -0.2) is 4.79 Å². The molecule has 2 fully saturated rings. The molecule has 1 aliphatic carbocycles. The van der Waals surface area contributed by atoms with Crippen molar-refractivity contribution in [2.24, 2.45) is 5.92 Å². The van der Waals surface area contributed by atoms with Crippen LogP contribution in [0.25, 0.3) is 0 Å². The molecule has 0 amide bonds. The third-order valence-electron chi connectivity index (χ3n) is 8.16. The maximum absolute atomic E-state index is 12.7. The maximum Gasteiger partial charge on any atom is 0.338 e. The van der Waals surface area contributed by atoms with Crippen molar-refractivity contribution in [3.63, 3.8) is 0 Å². The monoisotopic (exact) mass is 600 g/mol. The molecular formula is C28H40O14. The van der Waals surface area contributed by atoms with Gasteiger partial charge in [0.2, 0.25) is 0 Å². The van der Waals surface area contributed by atoms with E-state index in [0.29, 0.717) is 0 Å². The second kappa shape index (κ2) is 13.0. The van der Waals surface area contributed by atoms with Gasteiger partial charge in [0.15, 0.2) is 35.9 Å². The van der Waals surface area contributed by atoms with E-state index in [1.54, 1.807) is 0 Å². The summed E-state index contributed by atoms with van der Waals surface area (Å²) < 4.78 is 28.4. The summed E-state index contributed by atoms with van der Waals surface area (Å²) in [5.74, 6) is -3.42. The molecule has 0 radical (unpaired) electrons. The Kier molecular flexibility index (Phi) is 10.0. The minimum absolute atomic E-state index is 0.118. The first-order valence-electron chi connectivity index (χ1n) is 13.8. The zero-order chi connectivity index (χ0) is 30.9. The van der Waals surface area contributed by atoms with Gasteiger partial charge in [-0.3, -0.25) is 0 Å². The number of carbonyl (C=O) groups excluding carboxylic acids is 1. The van der Waals surface area contributed by atoms with Crippen LogP contribution >= 0.6 is 0 Å². The molecule has 2 aliphatic heterocycles. The van der Waals surface area contributed by atoms with Crippen molar-refractivity contribution in [2.45, 2.75) is 101 Å². The highest BCUT2D eigenvalue weighted by Gasteiger charge is 2.50. The lowest BCUT2D eigenvalue weighted by Gasteiger charge is -2.45. The molecule has 8 N–H and O–H groups in total. The summed E-state index contributed by atoms with van der Waals surface area (Å²) in [6.07, 6.45) is -8.46. The van der Waals surface area contributed by atoms with Crippen molar-refractivity contribution in [1.82, 2.24) is 0 Å². The van der Waals surface area contributed by atoms with Gasteiger partial charge in [0, 0.05) is 0 Å². The van der Waals surface area contributed by atoms with Crippen molar-refractivity contribution < 1.29 is 69.3 Å². The Morgan fingerprint density at radius 2 is 1.60 bits per heavy atom. The van der Waals surface area contributed by atoms with Crippen LogP contribution < -0.4 is 0 Å². The van der Waals surface area contributed by atoms with Crippen molar-refractivity contribution in [3.8, 4) is 17.2 Å². The minimum Gasteiger partial charge on any atom is -0.504 e. The van der Waals surface area contributed by atoms with Crippen LogP contribution in [-0.4, -0.2) is 121 Å². The first-order valence-corrected chi connectivity index (χ1v) is 13.8. The lowest BCUT2D eigenvalue weighted by atomic mass is 9.79. The van der Waals surface area contributed by atoms with E-state index in [2.05, 4.69) is 13.0 Å². The van der Waals surface area contributed by atoms with Crippen LogP contribution in [0.5, 0.6) is 17.2 Å². The van der Waals surface area contributed by atoms with Gasteiger partial charge in [-0.2, -0.15) is 0 Å². The third kappa shape index (κ3) is 6.82. The SMILES string of the molecule is CC1=CC[C@@H](C(C)(C)O[C@@H]2O[C@H](CO[C@@H]3O[C@@H](CO)[C@H](O)[C@H]3OC(=O)c3cc(O)c(O)c(O)c3)[C@@H](O)[C@H](O)[C@H]2O)CC1. The Labute approximate surface area is 242 Å². The molecule has 10 atom stereocenters. The lowest BCUT2D eigenvalue weighted by Crippen LogP contribution is -2.61. The minimum atomic E-state index is -1.65. The second-order valence-electron chi connectivity index (χ2n) is 11.5. The normalized spacial score (nSPS) is 35.6. The predicted octanol–water partition coefficient (Wildman–Crippen LogP) is -0.227. The van der Waals surface area contributed by atoms with E-state index in [0.717, 1.165) is 31.4 Å². The molecule has 14 nitrogen and oxygen atoms in total. The van der Waals surface area contributed by atoms with Crippen LogP contribution in [0.1, 0.15) is 50.4 Å². The summed E-state index contributed by atoms with van der Waals surface area (Å²) in [4.78, 5) is 12.7. The zero-order valence-corrected chi connectivity index (χ0v) is 23.6. The number of benzene rings is 1. The predicted molar refractivity (Wildman–Crippen MR) is 141 cm³/mol. The fourth-order valence-corrected chi connectivity index (χ4v) is 5.36. The van der Waals surface area contributed by atoms with Crippen LogP contribution in [0.3, 0.4) is 0 Å². The van der Waals surface area contributed by atoms with Gasteiger partial charge in [-0.1, -0.05) is 11.6 Å². The van der Waals surface area contributed by atoms with Gasteiger partial charge in [0.05, 0.1) is 24.4 Å². The van der Waals surface area contributed by atoms with Crippen LogP contribution in [0.2, 0.25) is 0 Å². The number of esters is 1. The number of phenolic OH excluding ortho intramolecular Hbond substituents is 3. The fourth-order valence-electron chi connectivity index (χ4n) is 5.36. The molecule has 1 aromatic rings. The maximum atomic E-state index is 12.7. The van der Waals surface area contributed by atoms with Gasteiger partial charge in [-0.05, 0) is 58.1 Å². The molecule has 2 heterocycles. The van der Waals surface area contributed by atoms with E-state index in [1.807, 2.05) is 13.8 Å². The first kappa shape index (κ1) is 32.4. The molecule has 2 saturated heterocycles. The summed E-state index contributed by atoms with van der Waals surface area (Å²) in [6.45, 7) is 4.65. The van der Waals surface area contributed by atoms with Gasteiger partial charge in [0.1, 0.15) is 36.6 Å². The third-order valence-corrected chi connectivity index (χ3v) is 8.16. The largest absolute Gasteiger partial charge is 0.504 e. The summed E-state index contributed by atoms with van der Waals surface area (Å²) in [6, 6.07) is 1.68. The van der Waals surface area contributed by atoms with Crippen LogP contribution in [0.4, 0.5) is 0 Å². The van der Waals surface area contributed by atoms with Crippen LogP contribution in [0.15, 0.2) is 23.8 Å². The van der Waals surface area contributed by atoms with Gasteiger partial charge in [0.25, 0.3) is 0 Å². The van der Waals surface area contributed by atoms with E-state index in [4.69, 9.17) is 23.7 Å². The molecule has 14 heteroatoms. The smallest absolute Gasteiger partial charge is 0.338 e. The highest BCUT2D eigenvalue weighted by atomic mass is 16.7. The van der Waals surface area contributed by atoms with E-state index >= 15 is 0 Å². The van der Waals surface area contributed by atoms with Gasteiger partial charge >= 0.3 is 5.97 Å². The van der Waals surface area contributed by atoms with E-state index in [9.17, 15) is 45.6 Å². The molecule has 3 aliphatic rings. The fraction of sp³-hybridized carbons (Fsp3) is 0.679. The number of allylic oxidation sites excluding steroid dienone is 2.